The van der Waals surface area contributed by atoms with Gasteiger partial charge in [-0.25, -0.2) is 4.98 Å². The van der Waals surface area contributed by atoms with Gasteiger partial charge >= 0.3 is 6.18 Å². The van der Waals surface area contributed by atoms with Crippen LogP contribution < -0.4 is 5.32 Å². The Morgan fingerprint density at radius 1 is 1.34 bits per heavy atom. The molecule has 0 aliphatic heterocycles. The number of alkyl halides is 3. The number of aliphatic imine (C=N–C) groups is 1. The number of hydrogen-bond donors (Lipinski definition) is 1. The zero-order valence-corrected chi connectivity index (χ0v) is 19.4. The lowest BCUT2D eigenvalue weighted by molar-refractivity contribution is -0.137. The third-order valence-corrected chi connectivity index (χ3v) is 4.49. The quantitative estimate of drug-likeness (QED) is 0.338. The van der Waals surface area contributed by atoms with Crippen molar-refractivity contribution in [3.63, 3.8) is 0 Å². The van der Waals surface area contributed by atoms with Crippen LogP contribution in [0.5, 0.6) is 0 Å². The number of hydrogen-bond acceptors (Lipinski definition) is 3. The van der Waals surface area contributed by atoms with Gasteiger partial charge in [-0.3, -0.25) is 9.67 Å². The maximum atomic E-state index is 12.9. The van der Waals surface area contributed by atoms with Gasteiger partial charge in [0.25, 0.3) is 0 Å². The maximum Gasteiger partial charge on any atom is 0.416 e. The van der Waals surface area contributed by atoms with Crippen molar-refractivity contribution in [2.45, 2.75) is 38.9 Å². The van der Waals surface area contributed by atoms with E-state index in [4.69, 9.17) is 0 Å². The summed E-state index contributed by atoms with van der Waals surface area (Å²) in [7, 11) is 3.74. The van der Waals surface area contributed by atoms with Gasteiger partial charge in [0.1, 0.15) is 12.2 Å². The molecule has 0 saturated heterocycles. The van der Waals surface area contributed by atoms with Crippen LogP contribution in [0.25, 0.3) is 0 Å². The summed E-state index contributed by atoms with van der Waals surface area (Å²) in [6, 6.07) is 5.50. The molecule has 1 atom stereocenters. The van der Waals surface area contributed by atoms with Gasteiger partial charge in [0.2, 0.25) is 0 Å². The Hall–Kier alpha value is -1.85. The van der Waals surface area contributed by atoms with E-state index in [1.54, 1.807) is 10.7 Å². The highest BCUT2D eigenvalue weighted by Crippen LogP contribution is 2.31. The monoisotopic (exact) mass is 524 g/mol. The van der Waals surface area contributed by atoms with Gasteiger partial charge in [-0.15, -0.1) is 24.0 Å². The van der Waals surface area contributed by atoms with E-state index in [1.165, 1.54) is 18.5 Å². The summed E-state index contributed by atoms with van der Waals surface area (Å²) in [5, 5.41) is 7.28. The molecule has 162 valence electrons. The standard InChI is InChI=1S/C19H27F3N6.HI/c1-5-23-18(27(3)12-17-25-13-26-28(17)4)24-10-9-14(2)15-7-6-8-16(11-15)19(20,21)22;/h6-8,11,13-14H,5,9-10,12H2,1-4H3,(H,23,24);1H. The lowest BCUT2D eigenvalue weighted by Gasteiger charge is -2.22. The van der Waals surface area contributed by atoms with Crippen LogP contribution in [0.2, 0.25) is 0 Å². The Morgan fingerprint density at radius 2 is 2.07 bits per heavy atom. The minimum atomic E-state index is -4.32. The van der Waals surface area contributed by atoms with E-state index < -0.39 is 11.7 Å². The van der Waals surface area contributed by atoms with Crippen LogP contribution in [0.3, 0.4) is 0 Å². The lowest BCUT2D eigenvalue weighted by atomic mass is 9.96. The molecule has 0 fully saturated rings. The summed E-state index contributed by atoms with van der Waals surface area (Å²) >= 11 is 0. The zero-order valence-electron chi connectivity index (χ0n) is 17.1. The summed E-state index contributed by atoms with van der Waals surface area (Å²) < 4.78 is 40.4. The van der Waals surface area contributed by atoms with Crippen molar-refractivity contribution in [1.82, 2.24) is 25.0 Å². The van der Waals surface area contributed by atoms with Crippen molar-refractivity contribution >= 4 is 29.9 Å². The van der Waals surface area contributed by atoms with Crippen LogP contribution in [-0.2, 0) is 19.8 Å². The average molecular weight is 524 g/mol. The molecular formula is C19H28F3IN6. The predicted octanol–water partition coefficient (Wildman–Crippen LogP) is 4.04. The van der Waals surface area contributed by atoms with Crippen LogP contribution >= 0.6 is 24.0 Å². The molecule has 1 N–H and O–H groups in total. The Bertz CT molecular complexity index is 790. The van der Waals surface area contributed by atoms with Gasteiger partial charge in [-0.05, 0) is 30.9 Å². The van der Waals surface area contributed by atoms with Gasteiger partial charge in [-0.2, -0.15) is 18.3 Å². The largest absolute Gasteiger partial charge is 0.416 e. The number of guanidine groups is 1. The minimum absolute atomic E-state index is 0. The normalized spacial score (nSPS) is 13.0. The van der Waals surface area contributed by atoms with Gasteiger partial charge in [0.05, 0.1) is 12.1 Å². The van der Waals surface area contributed by atoms with E-state index in [-0.39, 0.29) is 29.9 Å². The van der Waals surface area contributed by atoms with E-state index in [0.717, 1.165) is 17.9 Å². The second kappa shape index (κ2) is 11.4. The van der Waals surface area contributed by atoms with Crippen LogP contribution in [0.1, 0.15) is 43.1 Å². The van der Waals surface area contributed by atoms with Crippen molar-refractivity contribution in [1.29, 1.82) is 0 Å². The molecule has 0 aliphatic rings. The predicted molar refractivity (Wildman–Crippen MR) is 118 cm³/mol. The van der Waals surface area contributed by atoms with Crippen molar-refractivity contribution in [3.05, 3.63) is 47.5 Å². The van der Waals surface area contributed by atoms with Crippen molar-refractivity contribution < 1.29 is 13.2 Å². The number of rotatable bonds is 7. The second-order valence-corrected chi connectivity index (χ2v) is 6.70. The first-order chi connectivity index (χ1) is 13.2. The molecule has 10 heteroatoms. The highest BCUT2D eigenvalue weighted by molar-refractivity contribution is 14.0. The van der Waals surface area contributed by atoms with E-state index >= 15 is 0 Å². The third kappa shape index (κ3) is 7.48. The number of halogens is 4. The summed E-state index contributed by atoms with van der Waals surface area (Å²) in [5.41, 5.74) is 0.0552. The molecule has 0 amide bonds. The molecule has 1 heterocycles. The minimum Gasteiger partial charge on any atom is -0.357 e. The molecular weight excluding hydrogens is 496 g/mol. The maximum absolute atomic E-state index is 12.9. The SMILES string of the molecule is CCNC(=NCCC(C)c1cccc(C(F)(F)F)c1)N(C)Cc1ncnn1C.I. The first kappa shape index (κ1) is 25.2. The number of aromatic nitrogens is 3. The van der Waals surface area contributed by atoms with Crippen LogP contribution in [0.4, 0.5) is 13.2 Å². The van der Waals surface area contributed by atoms with E-state index in [9.17, 15) is 13.2 Å². The summed E-state index contributed by atoms with van der Waals surface area (Å²) in [6.07, 6.45) is -2.17. The summed E-state index contributed by atoms with van der Waals surface area (Å²) in [4.78, 5) is 10.8. The Morgan fingerprint density at radius 3 is 2.66 bits per heavy atom. The fraction of sp³-hybridized carbons (Fsp3) is 0.526. The molecule has 0 bridgehead atoms. The molecule has 6 nitrogen and oxygen atoms in total. The van der Waals surface area contributed by atoms with Crippen LogP contribution in [0, 0.1) is 0 Å². The molecule has 0 spiro atoms. The highest BCUT2D eigenvalue weighted by atomic mass is 127. The third-order valence-electron chi connectivity index (χ3n) is 4.49. The summed E-state index contributed by atoms with van der Waals surface area (Å²) in [5.74, 6) is 1.50. The molecule has 29 heavy (non-hydrogen) atoms. The van der Waals surface area contributed by atoms with E-state index in [2.05, 4.69) is 20.4 Å². The second-order valence-electron chi connectivity index (χ2n) is 6.70. The zero-order chi connectivity index (χ0) is 20.7. The molecule has 1 aromatic heterocycles. The molecule has 2 aromatic rings. The first-order valence-electron chi connectivity index (χ1n) is 9.21. The van der Waals surface area contributed by atoms with Gasteiger partial charge in [0.15, 0.2) is 5.96 Å². The topological polar surface area (TPSA) is 58.3 Å². The molecule has 1 unspecified atom stereocenters. The van der Waals surface area contributed by atoms with Crippen LogP contribution in [0.15, 0.2) is 35.6 Å². The van der Waals surface area contributed by atoms with Crippen molar-refractivity contribution in [3.8, 4) is 0 Å². The Kier molecular flexibility index (Phi) is 9.87. The van der Waals surface area contributed by atoms with Crippen molar-refractivity contribution in [2.24, 2.45) is 12.0 Å². The first-order valence-corrected chi connectivity index (χ1v) is 9.21. The number of aryl methyl sites for hydroxylation is 1. The summed E-state index contributed by atoms with van der Waals surface area (Å²) in [6.45, 7) is 5.66. The van der Waals surface area contributed by atoms with Gasteiger partial charge in [0, 0.05) is 27.2 Å². The fourth-order valence-corrected chi connectivity index (χ4v) is 2.77. The molecule has 0 aliphatic carbocycles. The van der Waals surface area contributed by atoms with Crippen molar-refractivity contribution in [2.75, 3.05) is 20.1 Å². The van der Waals surface area contributed by atoms with Gasteiger partial charge in [-0.1, -0.05) is 25.1 Å². The average Bonchev–Trinajstić information content (AvgIpc) is 3.05. The Labute approximate surface area is 186 Å². The Balaban J connectivity index is 0.00000420. The lowest BCUT2D eigenvalue weighted by Crippen LogP contribution is -2.39. The molecule has 1 aromatic carbocycles. The number of nitrogens with zero attached hydrogens (tertiary/aromatic N) is 5. The molecule has 0 radical (unpaired) electrons. The van der Waals surface area contributed by atoms with Gasteiger partial charge < -0.3 is 10.2 Å². The number of benzene rings is 1. The van der Waals surface area contributed by atoms with Crippen LogP contribution in [-0.4, -0.2) is 45.8 Å². The van der Waals surface area contributed by atoms with E-state index in [0.29, 0.717) is 31.6 Å². The smallest absolute Gasteiger partial charge is 0.357 e. The molecule has 0 saturated carbocycles. The van der Waals surface area contributed by atoms with E-state index in [1.807, 2.05) is 32.8 Å². The highest BCUT2D eigenvalue weighted by Gasteiger charge is 2.30. The molecule has 2 rings (SSSR count). The number of nitrogens with one attached hydrogen (secondary N) is 1. The fourth-order valence-electron chi connectivity index (χ4n) is 2.77.